The number of hydrogen-bond donors (Lipinski definition) is 2. The molecule has 0 radical (unpaired) electrons. The molecule has 0 saturated heterocycles. The minimum atomic E-state index is -0.695. The third kappa shape index (κ3) is 18.6. The molecule has 0 aromatic rings. The van der Waals surface area contributed by atoms with Crippen molar-refractivity contribution in [1.29, 1.82) is 0 Å². The molecular formula is C20H34O3. The molecule has 0 bridgehead atoms. The summed E-state index contributed by atoms with van der Waals surface area (Å²) in [5, 5.41) is 18.2. The fourth-order valence-electron chi connectivity index (χ4n) is 2.23. The Balaban J connectivity index is 3.45. The highest BCUT2D eigenvalue weighted by atomic mass is 16.4. The van der Waals surface area contributed by atoms with E-state index in [2.05, 4.69) is 25.2 Å². The number of carboxylic acid groups (broad SMARTS) is 1. The van der Waals surface area contributed by atoms with Gasteiger partial charge in [0.1, 0.15) is 0 Å². The molecule has 1 unspecified atom stereocenters. The van der Waals surface area contributed by atoms with E-state index in [1.54, 1.807) is 0 Å². The van der Waals surface area contributed by atoms with Crippen LogP contribution in [0.5, 0.6) is 0 Å². The van der Waals surface area contributed by atoms with E-state index in [0.29, 0.717) is 6.42 Å². The Labute approximate surface area is 141 Å². The van der Waals surface area contributed by atoms with Crippen LogP contribution in [0.2, 0.25) is 0 Å². The maximum Gasteiger partial charge on any atom is 0.303 e. The Morgan fingerprint density at radius 1 is 0.957 bits per heavy atom. The van der Waals surface area contributed by atoms with Gasteiger partial charge in [-0.25, -0.2) is 0 Å². The third-order valence-electron chi connectivity index (χ3n) is 3.63. The van der Waals surface area contributed by atoms with E-state index in [9.17, 15) is 9.90 Å². The average Bonchev–Trinajstić information content (AvgIpc) is 2.51. The van der Waals surface area contributed by atoms with Crippen LogP contribution in [0.25, 0.3) is 0 Å². The summed E-state index contributed by atoms with van der Waals surface area (Å²) in [6, 6.07) is 0. The molecule has 0 saturated carbocycles. The molecule has 132 valence electrons. The standard InChI is InChI=1S/C20H34O3/c1-2-3-13-16-19(21)17-14-11-9-7-5-4-6-8-10-12-15-18-20(22)23/h4-5,9,11,14,17,19,21H,2-3,6-8,10,12-13,15-16,18H2,1H3,(H,22,23)/b5-4+,11-9+,17-14+. The number of carboxylic acids is 1. The summed E-state index contributed by atoms with van der Waals surface area (Å²) >= 11 is 0. The lowest BCUT2D eigenvalue weighted by atomic mass is 10.1. The molecule has 0 aliphatic heterocycles. The largest absolute Gasteiger partial charge is 0.481 e. The molecule has 2 N–H and O–H groups in total. The molecule has 0 heterocycles. The molecule has 3 nitrogen and oxygen atoms in total. The first-order valence-corrected chi connectivity index (χ1v) is 9.05. The first-order valence-electron chi connectivity index (χ1n) is 9.05. The maximum absolute atomic E-state index is 10.3. The van der Waals surface area contributed by atoms with E-state index in [-0.39, 0.29) is 6.10 Å². The first-order chi connectivity index (χ1) is 11.2. The van der Waals surface area contributed by atoms with Crippen molar-refractivity contribution in [2.24, 2.45) is 0 Å². The number of allylic oxidation sites excluding steroid dienone is 5. The molecular weight excluding hydrogens is 288 g/mol. The fraction of sp³-hybridized carbons (Fsp3) is 0.650. The molecule has 0 fully saturated rings. The van der Waals surface area contributed by atoms with Crippen molar-refractivity contribution in [3.63, 3.8) is 0 Å². The number of rotatable bonds is 15. The van der Waals surface area contributed by atoms with Crippen LogP contribution in [0.15, 0.2) is 36.5 Å². The van der Waals surface area contributed by atoms with Crippen LogP contribution in [0.3, 0.4) is 0 Å². The second kappa shape index (κ2) is 17.0. The molecule has 0 aliphatic rings. The molecule has 3 heteroatoms. The van der Waals surface area contributed by atoms with Crippen LogP contribution in [0, 0.1) is 0 Å². The summed E-state index contributed by atoms with van der Waals surface area (Å²) in [5.74, 6) is -0.695. The molecule has 0 rings (SSSR count). The predicted octanol–water partition coefficient (Wildman–Crippen LogP) is 5.41. The monoisotopic (exact) mass is 322 g/mol. The molecule has 0 spiro atoms. The highest BCUT2D eigenvalue weighted by Crippen LogP contribution is 2.06. The topological polar surface area (TPSA) is 57.5 Å². The van der Waals surface area contributed by atoms with E-state index in [4.69, 9.17) is 5.11 Å². The van der Waals surface area contributed by atoms with Crippen LogP contribution >= 0.6 is 0 Å². The van der Waals surface area contributed by atoms with Crippen molar-refractivity contribution in [2.45, 2.75) is 83.7 Å². The maximum atomic E-state index is 10.3. The van der Waals surface area contributed by atoms with E-state index in [0.717, 1.165) is 51.4 Å². The van der Waals surface area contributed by atoms with E-state index >= 15 is 0 Å². The second-order valence-electron chi connectivity index (χ2n) is 5.93. The Hall–Kier alpha value is -1.35. The smallest absolute Gasteiger partial charge is 0.303 e. The Bertz CT molecular complexity index is 356. The number of aliphatic carboxylic acids is 1. The van der Waals surface area contributed by atoms with Gasteiger partial charge in [0.05, 0.1) is 6.10 Å². The molecule has 0 amide bonds. The predicted molar refractivity (Wildman–Crippen MR) is 97.5 cm³/mol. The zero-order valence-corrected chi connectivity index (χ0v) is 14.6. The summed E-state index contributed by atoms with van der Waals surface area (Å²) in [6.45, 7) is 2.16. The lowest BCUT2D eigenvalue weighted by Crippen LogP contribution is -2.00. The summed E-state index contributed by atoms with van der Waals surface area (Å²) in [7, 11) is 0. The van der Waals surface area contributed by atoms with E-state index in [1.165, 1.54) is 12.8 Å². The van der Waals surface area contributed by atoms with Crippen molar-refractivity contribution >= 4 is 5.97 Å². The minimum absolute atomic E-state index is 0.293. The van der Waals surface area contributed by atoms with Crippen LogP contribution in [-0.2, 0) is 4.79 Å². The Morgan fingerprint density at radius 2 is 1.74 bits per heavy atom. The third-order valence-corrected chi connectivity index (χ3v) is 3.63. The number of unbranched alkanes of at least 4 members (excludes halogenated alkanes) is 6. The SMILES string of the molecule is CCCCCC(O)/C=C/C=C/C/C=C/CCCCCCC(=O)O. The zero-order valence-electron chi connectivity index (χ0n) is 14.6. The number of aliphatic hydroxyl groups is 1. The highest BCUT2D eigenvalue weighted by molar-refractivity contribution is 5.66. The number of carbonyl (C=O) groups is 1. The Kier molecular flexibility index (Phi) is 16.0. The van der Waals surface area contributed by atoms with Gasteiger partial charge in [0.15, 0.2) is 0 Å². The van der Waals surface area contributed by atoms with Crippen molar-refractivity contribution in [1.82, 2.24) is 0 Å². The summed E-state index contributed by atoms with van der Waals surface area (Å²) in [6.07, 6.45) is 22.5. The van der Waals surface area contributed by atoms with Gasteiger partial charge in [-0.1, -0.05) is 75.5 Å². The van der Waals surface area contributed by atoms with Crippen LogP contribution in [0.4, 0.5) is 0 Å². The first kappa shape index (κ1) is 21.6. The van der Waals surface area contributed by atoms with Gasteiger partial charge >= 0.3 is 5.97 Å². The van der Waals surface area contributed by atoms with Gasteiger partial charge in [-0.15, -0.1) is 0 Å². The quantitative estimate of drug-likeness (QED) is 0.241. The van der Waals surface area contributed by atoms with Gasteiger partial charge < -0.3 is 10.2 Å². The minimum Gasteiger partial charge on any atom is -0.481 e. The summed E-state index contributed by atoms with van der Waals surface area (Å²) < 4.78 is 0. The Morgan fingerprint density at radius 3 is 2.48 bits per heavy atom. The zero-order chi connectivity index (χ0) is 17.2. The van der Waals surface area contributed by atoms with E-state index < -0.39 is 5.97 Å². The molecule has 1 atom stereocenters. The molecule has 0 aromatic carbocycles. The summed E-state index contributed by atoms with van der Waals surface area (Å²) in [5.41, 5.74) is 0. The van der Waals surface area contributed by atoms with Gasteiger partial charge in [-0.3, -0.25) is 4.79 Å². The highest BCUT2D eigenvalue weighted by Gasteiger charge is 1.96. The average molecular weight is 322 g/mol. The normalized spacial score (nSPS) is 13.5. The van der Waals surface area contributed by atoms with Crippen molar-refractivity contribution in [3.8, 4) is 0 Å². The second-order valence-corrected chi connectivity index (χ2v) is 5.93. The van der Waals surface area contributed by atoms with Crippen LogP contribution in [0.1, 0.15) is 77.6 Å². The van der Waals surface area contributed by atoms with Crippen LogP contribution in [-0.4, -0.2) is 22.3 Å². The van der Waals surface area contributed by atoms with Gasteiger partial charge in [-0.2, -0.15) is 0 Å². The molecule has 0 aromatic heterocycles. The number of aliphatic hydroxyl groups excluding tert-OH is 1. The van der Waals surface area contributed by atoms with Gasteiger partial charge in [0.2, 0.25) is 0 Å². The molecule has 0 aliphatic carbocycles. The van der Waals surface area contributed by atoms with Gasteiger partial charge in [0.25, 0.3) is 0 Å². The van der Waals surface area contributed by atoms with Crippen molar-refractivity contribution in [2.75, 3.05) is 0 Å². The number of hydrogen-bond acceptors (Lipinski definition) is 2. The van der Waals surface area contributed by atoms with E-state index in [1.807, 2.05) is 18.2 Å². The summed E-state index contributed by atoms with van der Waals surface area (Å²) in [4.78, 5) is 10.3. The van der Waals surface area contributed by atoms with Crippen molar-refractivity contribution < 1.29 is 15.0 Å². The lowest BCUT2D eigenvalue weighted by Gasteiger charge is -2.02. The van der Waals surface area contributed by atoms with Gasteiger partial charge in [0, 0.05) is 6.42 Å². The van der Waals surface area contributed by atoms with Crippen LogP contribution < -0.4 is 0 Å². The molecule has 23 heavy (non-hydrogen) atoms. The lowest BCUT2D eigenvalue weighted by molar-refractivity contribution is -0.137. The fourth-order valence-corrected chi connectivity index (χ4v) is 2.23. The van der Waals surface area contributed by atoms with Gasteiger partial charge in [-0.05, 0) is 32.1 Å². The van der Waals surface area contributed by atoms with Crippen molar-refractivity contribution in [3.05, 3.63) is 36.5 Å².